The molecule has 2 saturated heterocycles. The summed E-state index contributed by atoms with van der Waals surface area (Å²) in [6.45, 7) is 2.34. The van der Waals surface area contributed by atoms with Gasteiger partial charge < -0.3 is 10.6 Å². The van der Waals surface area contributed by atoms with Crippen LogP contribution in [-0.4, -0.2) is 54.2 Å². The van der Waals surface area contributed by atoms with Crippen LogP contribution in [0.5, 0.6) is 0 Å². The Labute approximate surface area is 156 Å². The number of nitrogens with two attached hydrogens (primary N) is 1. The number of carbonyl (C=O) groups excluding carboxylic acids is 4. The average molecular weight is 370 g/mol. The molecule has 3 N–H and O–H groups in total. The number of amides is 4. The summed E-state index contributed by atoms with van der Waals surface area (Å²) in [5, 5.41) is 2.20. The molecular formula is C19H22N4O4. The zero-order valence-electron chi connectivity index (χ0n) is 14.9. The Morgan fingerprint density at radius 2 is 1.85 bits per heavy atom. The number of imide groups is 2. The Morgan fingerprint density at radius 1 is 1.07 bits per heavy atom. The number of anilines is 1. The summed E-state index contributed by atoms with van der Waals surface area (Å²) in [4.78, 5) is 52.3. The lowest BCUT2D eigenvalue weighted by atomic mass is 9.97. The Hall–Kier alpha value is -2.74. The number of piperidine rings is 2. The second kappa shape index (κ2) is 6.77. The Morgan fingerprint density at radius 3 is 2.59 bits per heavy atom. The van der Waals surface area contributed by atoms with Gasteiger partial charge in [-0.25, -0.2) is 0 Å². The lowest BCUT2D eigenvalue weighted by Crippen LogP contribution is -2.54. The van der Waals surface area contributed by atoms with Crippen LogP contribution < -0.4 is 16.0 Å². The molecule has 4 rings (SSSR count). The van der Waals surface area contributed by atoms with Crippen molar-refractivity contribution in [2.75, 3.05) is 24.5 Å². The maximum atomic E-state index is 12.9. The van der Waals surface area contributed by atoms with E-state index in [2.05, 4.69) is 10.2 Å². The number of nitrogens with one attached hydrogen (secondary N) is 1. The molecule has 0 radical (unpaired) electrons. The van der Waals surface area contributed by atoms with E-state index < -0.39 is 23.8 Å². The molecule has 2 atom stereocenters. The summed E-state index contributed by atoms with van der Waals surface area (Å²) in [7, 11) is 0. The van der Waals surface area contributed by atoms with Gasteiger partial charge in [-0.15, -0.1) is 0 Å². The van der Waals surface area contributed by atoms with E-state index in [1.54, 1.807) is 12.1 Å². The van der Waals surface area contributed by atoms with E-state index in [1.165, 1.54) is 0 Å². The molecule has 3 aliphatic rings. The molecule has 1 aromatic rings. The van der Waals surface area contributed by atoms with Crippen molar-refractivity contribution >= 4 is 29.3 Å². The molecule has 0 aromatic heterocycles. The van der Waals surface area contributed by atoms with E-state index in [0.29, 0.717) is 23.6 Å². The maximum Gasteiger partial charge on any atom is 0.262 e. The van der Waals surface area contributed by atoms with Crippen LogP contribution in [0.1, 0.15) is 46.4 Å². The van der Waals surface area contributed by atoms with Gasteiger partial charge in [0.2, 0.25) is 11.8 Å². The predicted octanol–water partition coefficient (Wildman–Crippen LogP) is 0.263. The Kier molecular flexibility index (Phi) is 4.43. The summed E-state index contributed by atoms with van der Waals surface area (Å²) >= 11 is 0. The van der Waals surface area contributed by atoms with Crippen LogP contribution >= 0.6 is 0 Å². The largest absolute Gasteiger partial charge is 0.371 e. The fourth-order valence-electron chi connectivity index (χ4n) is 4.15. The zero-order chi connectivity index (χ0) is 19.1. The fraction of sp³-hybridized carbons (Fsp3) is 0.474. The summed E-state index contributed by atoms with van der Waals surface area (Å²) in [5.41, 5.74) is 7.31. The van der Waals surface area contributed by atoms with Gasteiger partial charge in [0.1, 0.15) is 6.04 Å². The number of carbonyl (C=O) groups is 4. The molecule has 8 heteroatoms. The lowest BCUT2D eigenvalue weighted by Gasteiger charge is -2.34. The number of rotatable bonds is 3. The molecule has 3 heterocycles. The van der Waals surface area contributed by atoms with Crippen molar-refractivity contribution in [2.24, 2.45) is 11.7 Å². The highest BCUT2D eigenvalue weighted by Gasteiger charge is 2.44. The number of hydrogen-bond donors (Lipinski definition) is 2. The molecule has 0 spiro atoms. The summed E-state index contributed by atoms with van der Waals surface area (Å²) in [6.07, 6.45) is 2.41. The molecule has 142 valence electrons. The van der Waals surface area contributed by atoms with E-state index in [1.807, 2.05) is 6.07 Å². The molecule has 8 nitrogen and oxygen atoms in total. The SMILES string of the molecule is NCC1CCCN(c2ccc3c(c2)C(=O)N(C2CCC(=O)NC2=O)C3=O)C1. The standard InChI is InChI=1S/C19H22N4O4/c20-9-11-2-1-7-22(10-11)12-3-4-13-14(8-12)19(27)23(18(13)26)15-5-6-16(24)21-17(15)25/h3-4,8,11,15H,1-2,5-7,9-10,20H2,(H,21,24,25). The summed E-state index contributed by atoms with van der Waals surface area (Å²) < 4.78 is 0. The normalized spacial score (nSPS) is 25.7. The minimum absolute atomic E-state index is 0.114. The molecule has 2 fully saturated rings. The average Bonchev–Trinajstić information content (AvgIpc) is 2.92. The highest BCUT2D eigenvalue weighted by atomic mass is 16.2. The van der Waals surface area contributed by atoms with Crippen molar-refractivity contribution in [3.63, 3.8) is 0 Å². The van der Waals surface area contributed by atoms with E-state index in [-0.39, 0.29) is 18.7 Å². The van der Waals surface area contributed by atoms with Crippen molar-refractivity contribution in [2.45, 2.75) is 31.7 Å². The van der Waals surface area contributed by atoms with E-state index >= 15 is 0 Å². The topological polar surface area (TPSA) is 113 Å². The third kappa shape index (κ3) is 2.99. The molecule has 1 aromatic carbocycles. The molecule has 4 amide bonds. The number of hydrogen-bond acceptors (Lipinski definition) is 6. The number of benzene rings is 1. The second-order valence-electron chi connectivity index (χ2n) is 7.37. The van der Waals surface area contributed by atoms with Crippen LogP contribution in [0.3, 0.4) is 0 Å². The van der Waals surface area contributed by atoms with E-state index in [4.69, 9.17) is 5.73 Å². The first-order valence-electron chi connectivity index (χ1n) is 9.30. The monoisotopic (exact) mass is 370 g/mol. The van der Waals surface area contributed by atoms with Gasteiger partial charge in [0.25, 0.3) is 11.8 Å². The molecule has 0 aliphatic carbocycles. The van der Waals surface area contributed by atoms with Crippen LogP contribution in [0.25, 0.3) is 0 Å². The first kappa shape index (κ1) is 17.7. The molecular weight excluding hydrogens is 348 g/mol. The van der Waals surface area contributed by atoms with Crippen molar-refractivity contribution in [3.8, 4) is 0 Å². The second-order valence-corrected chi connectivity index (χ2v) is 7.37. The highest BCUT2D eigenvalue weighted by Crippen LogP contribution is 2.32. The van der Waals surface area contributed by atoms with E-state index in [9.17, 15) is 19.2 Å². The first-order chi connectivity index (χ1) is 13.0. The quantitative estimate of drug-likeness (QED) is 0.738. The predicted molar refractivity (Wildman–Crippen MR) is 97.1 cm³/mol. The van der Waals surface area contributed by atoms with Gasteiger partial charge in [0, 0.05) is 25.2 Å². The van der Waals surface area contributed by atoms with Crippen molar-refractivity contribution in [1.82, 2.24) is 10.2 Å². The highest BCUT2D eigenvalue weighted by molar-refractivity contribution is 6.23. The first-order valence-corrected chi connectivity index (χ1v) is 9.30. The van der Waals surface area contributed by atoms with Crippen LogP contribution in [0.4, 0.5) is 5.69 Å². The van der Waals surface area contributed by atoms with Gasteiger partial charge in [-0.1, -0.05) is 0 Å². The van der Waals surface area contributed by atoms with Gasteiger partial charge in [0.05, 0.1) is 11.1 Å². The number of nitrogens with zero attached hydrogens (tertiary/aromatic N) is 2. The van der Waals surface area contributed by atoms with Gasteiger partial charge in [-0.2, -0.15) is 0 Å². The molecule has 27 heavy (non-hydrogen) atoms. The molecule has 0 bridgehead atoms. The minimum Gasteiger partial charge on any atom is -0.371 e. The third-order valence-electron chi connectivity index (χ3n) is 5.64. The smallest absolute Gasteiger partial charge is 0.262 e. The summed E-state index contributed by atoms with van der Waals surface area (Å²) in [5.74, 6) is -1.50. The van der Waals surface area contributed by atoms with Crippen molar-refractivity contribution in [1.29, 1.82) is 0 Å². The lowest BCUT2D eigenvalue weighted by molar-refractivity contribution is -0.136. The number of fused-ring (bicyclic) bond motifs is 1. The van der Waals surface area contributed by atoms with E-state index in [0.717, 1.165) is 36.5 Å². The maximum absolute atomic E-state index is 12.9. The Balaban J connectivity index is 1.60. The Bertz CT molecular complexity index is 837. The minimum atomic E-state index is -0.935. The molecule has 0 saturated carbocycles. The van der Waals surface area contributed by atoms with Crippen molar-refractivity contribution in [3.05, 3.63) is 29.3 Å². The third-order valence-corrected chi connectivity index (χ3v) is 5.64. The van der Waals surface area contributed by atoms with Crippen LogP contribution in [0.15, 0.2) is 18.2 Å². The van der Waals surface area contributed by atoms with Gasteiger partial charge in [-0.3, -0.25) is 29.4 Å². The summed E-state index contributed by atoms with van der Waals surface area (Å²) in [6, 6.07) is 4.30. The molecule has 2 unspecified atom stereocenters. The van der Waals surface area contributed by atoms with Crippen LogP contribution in [0.2, 0.25) is 0 Å². The van der Waals surface area contributed by atoms with Gasteiger partial charge in [-0.05, 0) is 49.9 Å². The van der Waals surface area contributed by atoms with Crippen LogP contribution in [0, 0.1) is 5.92 Å². The zero-order valence-corrected chi connectivity index (χ0v) is 14.9. The van der Waals surface area contributed by atoms with Gasteiger partial charge >= 0.3 is 0 Å². The molecule has 3 aliphatic heterocycles. The fourth-order valence-corrected chi connectivity index (χ4v) is 4.15. The van der Waals surface area contributed by atoms with Crippen molar-refractivity contribution < 1.29 is 19.2 Å². The van der Waals surface area contributed by atoms with Gasteiger partial charge in [0.15, 0.2) is 0 Å². The van der Waals surface area contributed by atoms with Crippen LogP contribution in [-0.2, 0) is 9.59 Å².